The molecule has 0 atom stereocenters. The van der Waals surface area contributed by atoms with Gasteiger partial charge in [-0.25, -0.2) is 8.96 Å². The van der Waals surface area contributed by atoms with Gasteiger partial charge in [0.15, 0.2) is 6.20 Å². The van der Waals surface area contributed by atoms with E-state index < -0.39 is 0 Å². The van der Waals surface area contributed by atoms with E-state index in [-0.39, 0.29) is 5.82 Å². The Bertz CT molecular complexity index is 1510. The minimum absolute atomic E-state index is 0.247. The minimum Gasteiger partial charge on any atom is -0.455 e. The third-order valence-electron chi connectivity index (χ3n) is 7.54. The van der Waals surface area contributed by atoms with Crippen LogP contribution in [0.3, 0.4) is 0 Å². The normalized spacial score (nSPS) is 14.8. The molecule has 0 radical (unpaired) electrons. The molecule has 5 aromatic rings. The lowest BCUT2D eigenvalue weighted by Gasteiger charge is -2.22. The topological polar surface area (TPSA) is 17.0 Å². The van der Waals surface area contributed by atoms with Crippen LogP contribution in [-0.2, 0) is 7.05 Å². The monoisotopic (exact) mass is 450 g/mol. The van der Waals surface area contributed by atoms with Crippen LogP contribution < -0.4 is 4.57 Å². The lowest BCUT2D eigenvalue weighted by Crippen LogP contribution is -2.30. The van der Waals surface area contributed by atoms with Crippen LogP contribution in [0, 0.1) is 12.7 Å². The molecule has 0 amide bonds. The van der Waals surface area contributed by atoms with Gasteiger partial charge in [0.2, 0.25) is 5.69 Å². The van der Waals surface area contributed by atoms with Crippen molar-refractivity contribution in [1.29, 1.82) is 0 Å². The number of benzene rings is 3. The molecule has 3 heteroatoms. The maximum atomic E-state index is 15.2. The quantitative estimate of drug-likeness (QED) is 0.253. The summed E-state index contributed by atoms with van der Waals surface area (Å²) >= 11 is 0. The molecule has 0 N–H and O–H groups in total. The fourth-order valence-electron chi connectivity index (χ4n) is 5.67. The minimum atomic E-state index is -0.247. The number of nitrogens with zero attached hydrogens (tertiary/aromatic N) is 1. The Labute approximate surface area is 199 Å². The van der Waals surface area contributed by atoms with Crippen LogP contribution >= 0.6 is 0 Å². The van der Waals surface area contributed by atoms with Gasteiger partial charge in [0.1, 0.15) is 24.0 Å². The molecule has 1 aliphatic rings. The van der Waals surface area contributed by atoms with Crippen LogP contribution in [0.2, 0.25) is 0 Å². The first kappa shape index (κ1) is 21.1. The molecule has 0 saturated heterocycles. The first-order valence-corrected chi connectivity index (χ1v) is 12.3. The number of fused-ring (bicyclic) bond motifs is 3. The third-order valence-corrected chi connectivity index (χ3v) is 7.54. The predicted molar refractivity (Wildman–Crippen MR) is 136 cm³/mol. The molecular weight excluding hydrogens is 421 g/mol. The zero-order valence-corrected chi connectivity index (χ0v) is 19.8. The summed E-state index contributed by atoms with van der Waals surface area (Å²) in [6.45, 7) is 2.10. The highest BCUT2D eigenvalue weighted by atomic mass is 19.1. The number of aryl methyl sites for hydroxylation is 2. The summed E-state index contributed by atoms with van der Waals surface area (Å²) in [5, 5.41) is 1.96. The second-order valence-corrected chi connectivity index (χ2v) is 9.72. The van der Waals surface area contributed by atoms with Crippen molar-refractivity contribution in [3.63, 3.8) is 0 Å². The van der Waals surface area contributed by atoms with Crippen molar-refractivity contribution >= 4 is 21.9 Å². The van der Waals surface area contributed by atoms with Crippen molar-refractivity contribution in [3.05, 3.63) is 89.9 Å². The zero-order valence-electron chi connectivity index (χ0n) is 19.8. The van der Waals surface area contributed by atoms with Crippen LogP contribution in [0.15, 0.2) is 77.3 Å². The number of rotatable bonds is 3. The van der Waals surface area contributed by atoms with Crippen molar-refractivity contribution in [3.8, 4) is 22.4 Å². The molecule has 34 heavy (non-hydrogen) atoms. The Hall–Kier alpha value is -3.46. The number of hydrogen-bond acceptors (Lipinski definition) is 1. The number of pyridine rings is 1. The highest BCUT2D eigenvalue weighted by Crippen LogP contribution is 2.40. The van der Waals surface area contributed by atoms with Gasteiger partial charge in [-0.2, -0.15) is 0 Å². The van der Waals surface area contributed by atoms with Gasteiger partial charge in [-0.15, -0.1) is 0 Å². The highest BCUT2D eigenvalue weighted by molar-refractivity contribution is 6.10. The average molecular weight is 451 g/mol. The van der Waals surface area contributed by atoms with Gasteiger partial charge in [-0.3, -0.25) is 0 Å². The van der Waals surface area contributed by atoms with Gasteiger partial charge in [0, 0.05) is 28.5 Å². The molecule has 1 aliphatic carbocycles. The fraction of sp³-hybridized carbons (Fsp3) is 0.258. The van der Waals surface area contributed by atoms with Crippen LogP contribution in [0.4, 0.5) is 4.39 Å². The molecule has 6 rings (SSSR count). The molecule has 2 aromatic heterocycles. The molecule has 2 heterocycles. The van der Waals surface area contributed by atoms with Crippen molar-refractivity contribution in [2.24, 2.45) is 7.05 Å². The van der Waals surface area contributed by atoms with Crippen molar-refractivity contribution in [2.75, 3.05) is 0 Å². The lowest BCUT2D eigenvalue weighted by molar-refractivity contribution is -0.660. The van der Waals surface area contributed by atoms with Crippen LogP contribution in [0.1, 0.15) is 49.1 Å². The molecule has 0 bridgehead atoms. The van der Waals surface area contributed by atoms with E-state index in [2.05, 4.69) is 73.3 Å². The Morgan fingerprint density at radius 3 is 2.44 bits per heavy atom. The Balaban J connectivity index is 1.49. The van der Waals surface area contributed by atoms with Gasteiger partial charge in [-0.1, -0.05) is 43.5 Å². The molecule has 3 aromatic carbocycles. The number of halogens is 1. The Morgan fingerprint density at radius 2 is 1.68 bits per heavy atom. The SMILES string of the molecule is Cc1cc2oc3c(-c4ccc(C5CCCCC5)cc4)c(F)ccc3c2cc1-c1cccc[n+]1C. The second kappa shape index (κ2) is 8.39. The number of aromatic nitrogens is 1. The van der Waals surface area contributed by atoms with E-state index in [1.807, 2.05) is 12.1 Å². The van der Waals surface area contributed by atoms with Crippen molar-refractivity contribution < 1.29 is 13.4 Å². The van der Waals surface area contributed by atoms with E-state index in [1.54, 1.807) is 6.07 Å². The molecule has 0 aliphatic heterocycles. The summed E-state index contributed by atoms with van der Waals surface area (Å²) in [4.78, 5) is 0. The molecule has 0 spiro atoms. The predicted octanol–water partition coefficient (Wildman–Crippen LogP) is 8.24. The van der Waals surface area contributed by atoms with E-state index in [0.717, 1.165) is 38.7 Å². The van der Waals surface area contributed by atoms with E-state index in [1.165, 1.54) is 37.7 Å². The zero-order chi connectivity index (χ0) is 23.2. The van der Waals surface area contributed by atoms with Crippen LogP contribution in [0.5, 0.6) is 0 Å². The summed E-state index contributed by atoms with van der Waals surface area (Å²) < 4.78 is 23.6. The maximum absolute atomic E-state index is 15.2. The summed E-state index contributed by atoms with van der Waals surface area (Å²) in [5.41, 5.74) is 7.62. The number of hydrogen-bond donors (Lipinski definition) is 0. The molecule has 1 saturated carbocycles. The van der Waals surface area contributed by atoms with Gasteiger partial charge < -0.3 is 4.42 Å². The summed E-state index contributed by atoms with van der Waals surface area (Å²) in [5.74, 6) is 0.388. The van der Waals surface area contributed by atoms with E-state index in [4.69, 9.17) is 4.42 Å². The van der Waals surface area contributed by atoms with Crippen LogP contribution in [0.25, 0.3) is 44.3 Å². The van der Waals surface area contributed by atoms with E-state index >= 15 is 4.39 Å². The van der Waals surface area contributed by atoms with Crippen LogP contribution in [-0.4, -0.2) is 0 Å². The molecule has 2 nitrogen and oxygen atoms in total. The third kappa shape index (κ3) is 3.51. The van der Waals surface area contributed by atoms with E-state index in [0.29, 0.717) is 17.1 Å². The average Bonchev–Trinajstić information content (AvgIpc) is 3.21. The summed E-state index contributed by atoms with van der Waals surface area (Å²) in [6.07, 6.45) is 8.53. The largest absolute Gasteiger partial charge is 0.455 e. The molecule has 170 valence electrons. The second-order valence-electron chi connectivity index (χ2n) is 9.72. The first-order chi connectivity index (χ1) is 16.6. The smallest absolute Gasteiger partial charge is 0.212 e. The Kier molecular flexibility index (Phi) is 5.21. The molecule has 0 unspecified atom stereocenters. The molecular formula is C31H29FNO+. The van der Waals surface area contributed by atoms with Gasteiger partial charge in [-0.05, 0) is 72.7 Å². The van der Waals surface area contributed by atoms with Crippen molar-refractivity contribution in [1.82, 2.24) is 0 Å². The standard InChI is InChI=1S/C31H29FNO/c1-20-18-29-26(19-25(20)28-10-6-7-17-33(28)2)24-15-16-27(32)30(31(24)34-29)23-13-11-22(12-14-23)21-8-4-3-5-9-21/h6-7,10-19,21H,3-5,8-9H2,1-2H3/q+1. The van der Waals surface area contributed by atoms with Gasteiger partial charge >= 0.3 is 0 Å². The molecule has 1 fully saturated rings. The number of furan rings is 1. The first-order valence-electron chi connectivity index (χ1n) is 12.3. The Morgan fingerprint density at radius 1 is 0.882 bits per heavy atom. The van der Waals surface area contributed by atoms with Gasteiger partial charge in [0.05, 0.1) is 5.56 Å². The van der Waals surface area contributed by atoms with E-state index in [9.17, 15) is 0 Å². The fourth-order valence-corrected chi connectivity index (χ4v) is 5.67. The lowest BCUT2D eigenvalue weighted by atomic mass is 9.83. The van der Waals surface area contributed by atoms with Crippen molar-refractivity contribution in [2.45, 2.75) is 44.9 Å². The van der Waals surface area contributed by atoms with Gasteiger partial charge in [0.25, 0.3) is 0 Å². The summed E-state index contributed by atoms with van der Waals surface area (Å²) in [6, 6.07) is 22.4. The maximum Gasteiger partial charge on any atom is 0.212 e. The summed E-state index contributed by atoms with van der Waals surface area (Å²) in [7, 11) is 2.05. The highest BCUT2D eigenvalue weighted by Gasteiger charge is 2.21.